The summed E-state index contributed by atoms with van der Waals surface area (Å²) in [5.74, 6) is -1.95. The lowest BCUT2D eigenvalue weighted by molar-refractivity contribution is 0.505. The normalized spacial score (nSPS) is 13.7. The molecule has 0 amide bonds. The van der Waals surface area contributed by atoms with E-state index >= 15 is 0 Å². The molecule has 0 saturated carbocycles. The van der Waals surface area contributed by atoms with Crippen LogP contribution in [0.25, 0.3) is 0 Å². The monoisotopic (exact) mass is 277 g/mol. The maximum Gasteiger partial charge on any atom is 0.167 e. The van der Waals surface area contributed by atoms with Gasteiger partial charge < -0.3 is 0 Å². The Hall–Kier alpha value is -1.17. The Morgan fingerprint density at radius 2 is 2.11 bits per heavy atom. The zero-order valence-electron chi connectivity index (χ0n) is 9.96. The minimum atomic E-state index is -1.61. The third kappa shape index (κ3) is 3.94. The second-order valence-corrected chi connectivity index (χ2v) is 4.89. The molecule has 6 heteroatoms. The fraction of sp³-hybridized carbons (Fsp3) is 0.417. The number of benzene rings is 1. The first kappa shape index (κ1) is 14.9. The van der Waals surface area contributed by atoms with Crippen molar-refractivity contribution >= 4 is 16.7 Å². The van der Waals surface area contributed by atoms with E-state index in [0.29, 0.717) is 6.42 Å². The van der Waals surface area contributed by atoms with Crippen molar-refractivity contribution in [3.8, 4) is 0 Å². The average Bonchev–Trinajstić information content (AvgIpc) is 2.37. The van der Waals surface area contributed by atoms with Crippen LogP contribution in [-0.2, 0) is 11.0 Å². The Morgan fingerprint density at radius 1 is 1.39 bits per heavy atom. The second-order valence-electron chi connectivity index (χ2n) is 3.65. The molecule has 0 saturated heterocycles. The van der Waals surface area contributed by atoms with Gasteiger partial charge in [-0.1, -0.05) is 19.4 Å². The van der Waals surface area contributed by atoms with Gasteiger partial charge in [-0.2, -0.15) is 4.40 Å². The van der Waals surface area contributed by atoms with E-state index in [-0.39, 0.29) is 17.0 Å². The van der Waals surface area contributed by atoms with Gasteiger partial charge in [0.25, 0.3) is 0 Å². The molecule has 0 spiro atoms. The van der Waals surface area contributed by atoms with E-state index in [9.17, 15) is 17.4 Å². The lowest BCUT2D eigenvalue weighted by Gasteiger charge is -2.04. The van der Waals surface area contributed by atoms with Crippen LogP contribution in [0.5, 0.6) is 0 Å². The Labute approximate surface area is 107 Å². The molecule has 0 aliphatic carbocycles. The third-order valence-corrected chi connectivity index (χ3v) is 3.34. The highest BCUT2D eigenvalue weighted by Crippen LogP contribution is 2.13. The van der Waals surface area contributed by atoms with Gasteiger partial charge in [0, 0.05) is 11.3 Å². The lowest BCUT2D eigenvalue weighted by atomic mass is 10.1. The number of rotatable bonds is 6. The van der Waals surface area contributed by atoms with Crippen LogP contribution < -0.4 is 0 Å². The van der Waals surface area contributed by atoms with Gasteiger partial charge in [0.15, 0.2) is 11.6 Å². The smallest absolute Gasteiger partial charge is 0.167 e. The molecule has 0 unspecified atom stereocenters. The van der Waals surface area contributed by atoms with E-state index in [4.69, 9.17) is 0 Å². The van der Waals surface area contributed by atoms with Gasteiger partial charge in [-0.15, -0.1) is 0 Å². The Balaban J connectivity index is 2.99. The molecule has 100 valence electrons. The van der Waals surface area contributed by atoms with Crippen LogP contribution in [0.1, 0.15) is 25.3 Å². The molecule has 0 aliphatic heterocycles. The predicted molar refractivity (Wildman–Crippen MR) is 66.8 cm³/mol. The first-order valence-corrected chi connectivity index (χ1v) is 6.84. The van der Waals surface area contributed by atoms with E-state index in [1.807, 2.05) is 6.92 Å². The quantitative estimate of drug-likeness (QED) is 0.734. The molecule has 0 N–H and O–H groups in total. The highest BCUT2D eigenvalue weighted by atomic mass is 32.2. The fourth-order valence-electron chi connectivity index (χ4n) is 1.31. The Kier molecular flexibility index (Phi) is 6.04. The minimum absolute atomic E-state index is 0.276. The summed E-state index contributed by atoms with van der Waals surface area (Å²) in [6.07, 6.45) is 1.52. The first-order chi connectivity index (χ1) is 8.60. The number of unbranched alkanes of at least 4 members (excludes halogenated alkanes) is 1. The zero-order valence-corrected chi connectivity index (χ0v) is 10.8. The molecule has 1 aromatic rings. The predicted octanol–water partition coefficient (Wildman–Crippen LogP) is 3.19. The number of hydrogen-bond donors (Lipinski definition) is 0. The number of alkyl halides is 1. The van der Waals surface area contributed by atoms with Crippen molar-refractivity contribution < 1.29 is 17.4 Å². The topological polar surface area (TPSA) is 29.4 Å². The molecule has 1 rings (SSSR count). The second kappa shape index (κ2) is 7.31. The van der Waals surface area contributed by atoms with Crippen LogP contribution in [0.4, 0.5) is 13.2 Å². The highest BCUT2D eigenvalue weighted by molar-refractivity contribution is 7.83. The number of hydrogen-bond acceptors (Lipinski definition) is 1. The fourth-order valence-corrected chi connectivity index (χ4v) is 2.33. The molecule has 0 radical (unpaired) electrons. The van der Waals surface area contributed by atoms with Gasteiger partial charge in [-0.05, 0) is 18.6 Å². The molecule has 0 aliphatic rings. The van der Waals surface area contributed by atoms with Crippen LogP contribution in [0.3, 0.4) is 0 Å². The number of nitrogens with zero attached hydrogens (tertiary/aromatic N) is 1. The summed E-state index contributed by atoms with van der Waals surface area (Å²) in [5.41, 5.74) is -0.594. The van der Waals surface area contributed by atoms with E-state index in [1.54, 1.807) is 0 Å². The van der Waals surface area contributed by atoms with Gasteiger partial charge in [0.05, 0.1) is 5.71 Å². The molecular weight excluding hydrogens is 263 g/mol. The summed E-state index contributed by atoms with van der Waals surface area (Å²) in [4.78, 5) is 0. The van der Waals surface area contributed by atoms with Gasteiger partial charge in [0.1, 0.15) is 17.7 Å². The van der Waals surface area contributed by atoms with E-state index in [1.165, 1.54) is 12.1 Å². The molecule has 0 fully saturated rings. The Bertz CT molecular complexity index is 463. The van der Waals surface area contributed by atoms with E-state index in [0.717, 1.165) is 12.5 Å². The van der Waals surface area contributed by atoms with Crippen molar-refractivity contribution in [1.29, 1.82) is 0 Å². The molecule has 1 aromatic carbocycles. The van der Waals surface area contributed by atoms with E-state index < -0.39 is 29.3 Å². The van der Waals surface area contributed by atoms with Crippen molar-refractivity contribution in [3.63, 3.8) is 0 Å². The van der Waals surface area contributed by atoms with Crippen LogP contribution in [-0.4, -0.2) is 22.3 Å². The molecule has 0 bridgehead atoms. The molecule has 2 nitrogen and oxygen atoms in total. The van der Waals surface area contributed by atoms with Crippen LogP contribution in [0, 0.1) is 11.6 Å². The van der Waals surface area contributed by atoms with Gasteiger partial charge in [0.2, 0.25) is 0 Å². The van der Waals surface area contributed by atoms with Crippen molar-refractivity contribution in [2.75, 3.05) is 12.4 Å². The van der Waals surface area contributed by atoms with Crippen LogP contribution in [0.15, 0.2) is 22.6 Å². The van der Waals surface area contributed by atoms with Crippen molar-refractivity contribution in [2.45, 2.75) is 19.8 Å². The van der Waals surface area contributed by atoms with E-state index in [2.05, 4.69) is 4.40 Å². The standard InChI is InChI=1S/C12H14F3NOS/c1-2-3-7-18(17)16-11(8-13)9-5-4-6-10(14)12(9)15/h4-6H,2-3,7-8H2,1H3/t18-/m0/s1. The van der Waals surface area contributed by atoms with Crippen molar-refractivity contribution in [2.24, 2.45) is 4.40 Å². The number of halogens is 3. The SMILES string of the molecule is CCCC[S@](=O)N=C(CF)c1cccc(F)c1F. The molecule has 0 heterocycles. The van der Waals surface area contributed by atoms with Gasteiger partial charge >= 0.3 is 0 Å². The average molecular weight is 277 g/mol. The van der Waals surface area contributed by atoms with Crippen molar-refractivity contribution in [1.82, 2.24) is 0 Å². The molecule has 0 aromatic heterocycles. The summed E-state index contributed by atoms with van der Waals surface area (Å²) < 4.78 is 54.3. The first-order valence-electron chi connectivity index (χ1n) is 5.56. The summed E-state index contributed by atoms with van der Waals surface area (Å²) in [7, 11) is -1.61. The third-order valence-electron chi connectivity index (χ3n) is 2.27. The lowest BCUT2D eigenvalue weighted by Crippen LogP contribution is -2.10. The van der Waals surface area contributed by atoms with Crippen molar-refractivity contribution in [3.05, 3.63) is 35.4 Å². The summed E-state index contributed by atoms with van der Waals surface area (Å²) >= 11 is 0. The largest absolute Gasteiger partial charge is 0.244 e. The minimum Gasteiger partial charge on any atom is -0.244 e. The maximum atomic E-state index is 13.4. The molecule has 18 heavy (non-hydrogen) atoms. The van der Waals surface area contributed by atoms with Gasteiger partial charge in [-0.3, -0.25) is 0 Å². The maximum absolute atomic E-state index is 13.4. The van der Waals surface area contributed by atoms with Gasteiger partial charge in [-0.25, -0.2) is 17.4 Å². The summed E-state index contributed by atoms with van der Waals surface area (Å²) in [6.45, 7) is 0.835. The summed E-state index contributed by atoms with van der Waals surface area (Å²) in [6, 6.07) is 3.41. The Morgan fingerprint density at radius 3 is 2.72 bits per heavy atom. The molecule has 1 atom stereocenters. The zero-order chi connectivity index (χ0) is 13.5. The highest BCUT2D eigenvalue weighted by Gasteiger charge is 2.14. The van der Waals surface area contributed by atoms with Crippen LogP contribution in [0.2, 0.25) is 0 Å². The summed E-state index contributed by atoms with van der Waals surface area (Å²) in [5, 5.41) is 0. The molecular formula is C12H14F3NOS. The van der Waals surface area contributed by atoms with Crippen LogP contribution >= 0.6 is 0 Å².